The fraction of sp³-hybridized carbons (Fsp3) is 0.905. The molecule has 0 radical (unpaired) electrons. The number of amides is 1. The van der Waals surface area contributed by atoms with Crippen LogP contribution in [0.5, 0.6) is 0 Å². The van der Waals surface area contributed by atoms with Crippen molar-refractivity contribution in [3.8, 4) is 0 Å². The zero-order valence-corrected chi connectivity index (χ0v) is 46.6. The number of hydrogen-bond acceptors (Lipinski definition) is 5. The average molecular weight is 973 g/mol. The number of unbranched alkanes of at least 4 members (excludes halogenated alkanes) is 43. The number of carbonyl (C=O) groups is 2. The molecular formula is C63H121NO5. The molecule has 0 aromatic heterocycles. The molecule has 6 nitrogen and oxygen atoms in total. The van der Waals surface area contributed by atoms with Gasteiger partial charge in [0.15, 0.2) is 0 Å². The van der Waals surface area contributed by atoms with Gasteiger partial charge in [-0.15, -0.1) is 0 Å². The van der Waals surface area contributed by atoms with Crippen LogP contribution in [0, 0.1) is 0 Å². The summed E-state index contributed by atoms with van der Waals surface area (Å²) < 4.78 is 5.47. The standard InChI is InChI=1S/C63H121NO5/c1-3-5-7-9-11-13-15-17-18-28-32-35-39-43-47-51-55-61(66)60(59-65)64-62(67)56-52-48-44-40-36-33-29-26-24-22-20-19-21-23-25-27-30-34-38-42-46-50-54-58-69-63(68)57-53-49-45-41-37-31-16-14-12-10-8-6-4-2/h19,21-22,24,60-61,65-66H,3-18,20,23,25-59H2,1-2H3,(H,64,67)/b21-19-,24-22-. The van der Waals surface area contributed by atoms with Crippen LogP contribution < -0.4 is 5.32 Å². The Morgan fingerprint density at radius 3 is 1.10 bits per heavy atom. The van der Waals surface area contributed by atoms with Gasteiger partial charge in [0.25, 0.3) is 0 Å². The SMILES string of the molecule is CCCCCCCCCCCCCCCCCCC(O)C(CO)NC(=O)CCCCCCCCC/C=C\C/C=C\CCCCCCCCCCCOC(=O)CCCCCCCCCCCCCCC. The summed E-state index contributed by atoms with van der Waals surface area (Å²) in [6, 6.07) is -0.549. The maximum Gasteiger partial charge on any atom is 0.305 e. The molecule has 2 atom stereocenters. The Morgan fingerprint density at radius 2 is 0.725 bits per heavy atom. The number of allylic oxidation sites excluding steroid dienone is 4. The van der Waals surface area contributed by atoms with E-state index < -0.39 is 12.1 Å². The van der Waals surface area contributed by atoms with Gasteiger partial charge in [-0.2, -0.15) is 0 Å². The quantitative estimate of drug-likeness (QED) is 0.0321. The molecule has 0 saturated carbocycles. The highest BCUT2D eigenvalue weighted by Crippen LogP contribution is 2.18. The minimum absolute atomic E-state index is 0.00896. The van der Waals surface area contributed by atoms with E-state index in [2.05, 4.69) is 43.5 Å². The van der Waals surface area contributed by atoms with Crippen molar-refractivity contribution < 1.29 is 24.5 Å². The van der Waals surface area contributed by atoms with E-state index in [4.69, 9.17) is 4.74 Å². The van der Waals surface area contributed by atoms with Crippen LogP contribution in [0.15, 0.2) is 24.3 Å². The van der Waals surface area contributed by atoms with Crippen molar-refractivity contribution in [3.63, 3.8) is 0 Å². The molecule has 0 rings (SSSR count). The third-order valence-corrected chi connectivity index (χ3v) is 14.5. The first-order valence-corrected chi connectivity index (χ1v) is 31.1. The van der Waals surface area contributed by atoms with Crippen LogP contribution in [0.3, 0.4) is 0 Å². The van der Waals surface area contributed by atoms with E-state index in [0.717, 1.165) is 44.9 Å². The summed E-state index contributed by atoms with van der Waals surface area (Å²) in [5.74, 6) is -0.0343. The van der Waals surface area contributed by atoms with Crippen LogP contribution in [0.2, 0.25) is 0 Å². The Morgan fingerprint density at radius 1 is 0.406 bits per heavy atom. The van der Waals surface area contributed by atoms with Crippen molar-refractivity contribution in [2.24, 2.45) is 0 Å². The molecule has 0 aromatic rings. The van der Waals surface area contributed by atoms with Gasteiger partial charge < -0.3 is 20.3 Å². The fourth-order valence-electron chi connectivity index (χ4n) is 9.73. The first kappa shape index (κ1) is 67.3. The second-order valence-electron chi connectivity index (χ2n) is 21.4. The average Bonchev–Trinajstić information content (AvgIpc) is 3.35. The van der Waals surface area contributed by atoms with Crippen LogP contribution in [0.1, 0.15) is 341 Å². The molecule has 0 aliphatic heterocycles. The van der Waals surface area contributed by atoms with Gasteiger partial charge in [-0.25, -0.2) is 0 Å². The predicted octanol–water partition coefficient (Wildman–Crippen LogP) is 19.4. The molecule has 0 bridgehead atoms. The highest BCUT2D eigenvalue weighted by molar-refractivity contribution is 5.76. The number of hydrogen-bond donors (Lipinski definition) is 3. The summed E-state index contributed by atoms with van der Waals surface area (Å²) >= 11 is 0. The lowest BCUT2D eigenvalue weighted by molar-refractivity contribution is -0.143. The van der Waals surface area contributed by atoms with E-state index >= 15 is 0 Å². The lowest BCUT2D eigenvalue weighted by Crippen LogP contribution is -2.45. The third kappa shape index (κ3) is 55.5. The highest BCUT2D eigenvalue weighted by Gasteiger charge is 2.20. The van der Waals surface area contributed by atoms with Crippen LogP contribution >= 0.6 is 0 Å². The van der Waals surface area contributed by atoms with E-state index in [-0.39, 0.29) is 18.5 Å². The van der Waals surface area contributed by atoms with E-state index in [0.29, 0.717) is 25.9 Å². The Bertz CT molecular complexity index is 1080. The zero-order chi connectivity index (χ0) is 50.0. The second-order valence-corrected chi connectivity index (χ2v) is 21.4. The van der Waals surface area contributed by atoms with Crippen LogP contribution in [-0.4, -0.2) is 47.4 Å². The van der Waals surface area contributed by atoms with Crippen molar-refractivity contribution in [2.75, 3.05) is 13.2 Å². The first-order chi connectivity index (χ1) is 34.0. The third-order valence-electron chi connectivity index (χ3n) is 14.5. The molecule has 0 aliphatic rings. The molecule has 3 N–H and O–H groups in total. The van der Waals surface area contributed by atoms with Crippen molar-refractivity contribution in [2.45, 2.75) is 353 Å². The van der Waals surface area contributed by atoms with Crippen LogP contribution in [-0.2, 0) is 14.3 Å². The molecule has 69 heavy (non-hydrogen) atoms. The van der Waals surface area contributed by atoms with Gasteiger partial charge in [0, 0.05) is 12.8 Å². The van der Waals surface area contributed by atoms with Crippen molar-refractivity contribution >= 4 is 11.9 Å². The highest BCUT2D eigenvalue weighted by atomic mass is 16.5. The van der Waals surface area contributed by atoms with E-state index in [9.17, 15) is 19.8 Å². The number of esters is 1. The van der Waals surface area contributed by atoms with Crippen molar-refractivity contribution in [1.29, 1.82) is 0 Å². The molecule has 0 saturated heterocycles. The number of carbonyl (C=O) groups excluding carboxylic acids is 2. The molecule has 0 heterocycles. The zero-order valence-electron chi connectivity index (χ0n) is 46.6. The largest absolute Gasteiger partial charge is 0.466 e. The van der Waals surface area contributed by atoms with Gasteiger partial charge in [0.1, 0.15) is 0 Å². The number of aliphatic hydroxyl groups is 2. The molecule has 0 spiro atoms. The van der Waals surface area contributed by atoms with Crippen molar-refractivity contribution in [1.82, 2.24) is 5.32 Å². The Kier molecular flexibility index (Phi) is 57.5. The summed E-state index contributed by atoms with van der Waals surface area (Å²) in [5, 5.41) is 23.3. The summed E-state index contributed by atoms with van der Waals surface area (Å²) in [6.45, 7) is 4.96. The molecule has 6 heteroatoms. The minimum Gasteiger partial charge on any atom is -0.466 e. The van der Waals surface area contributed by atoms with Crippen molar-refractivity contribution in [3.05, 3.63) is 24.3 Å². The molecule has 0 fully saturated rings. The topological polar surface area (TPSA) is 95.9 Å². The maximum atomic E-state index is 12.5. The summed E-state index contributed by atoms with van der Waals surface area (Å²) in [7, 11) is 0. The Labute approximate surface area is 431 Å². The van der Waals surface area contributed by atoms with Gasteiger partial charge >= 0.3 is 5.97 Å². The molecule has 1 amide bonds. The van der Waals surface area contributed by atoms with E-state index in [1.165, 1.54) is 263 Å². The number of aliphatic hydroxyl groups excluding tert-OH is 2. The van der Waals surface area contributed by atoms with Gasteiger partial charge in [0.2, 0.25) is 5.91 Å². The van der Waals surface area contributed by atoms with Gasteiger partial charge in [-0.05, 0) is 57.8 Å². The molecule has 2 unspecified atom stereocenters. The lowest BCUT2D eigenvalue weighted by atomic mass is 10.0. The van der Waals surface area contributed by atoms with E-state index in [1.807, 2.05) is 0 Å². The molecular weight excluding hydrogens is 851 g/mol. The first-order valence-electron chi connectivity index (χ1n) is 31.1. The van der Waals surface area contributed by atoms with Crippen LogP contribution in [0.4, 0.5) is 0 Å². The smallest absolute Gasteiger partial charge is 0.305 e. The maximum absolute atomic E-state index is 12.5. The molecule has 0 aromatic carbocycles. The molecule has 0 aliphatic carbocycles. The molecule has 408 valence electrons. The second kappa shape index (κ2) is 58.9. The minimum atomic E-state index is -0.670. The summed E-state index contributed by atoms with van der Waals surface area (Å²) in [4.78, 5) is 24.5. The predicted molar refractivity (Wildman–Crippen MR) is 301 cm³/mol. The summed E-state index contributed by atoms with van der Waals surface area (Å²) in [6.07, 6.45) is 71.8. The Balaban J connectivity index is 3.44. The fourth-order valence-corrected chi connectivity index (χ4v) is 9.73. The number of nitrogens with one attached hydrogen (secondary N) is 1. The lowest BCUT2D eigenvalue weighted by Gasteiger charge is -2.22. The Hall–Kier alpha value is -1.66. The number of ether oxygens (including phenoxy) is 1. The monoisotopic (exact) mass is 972 g/mol. The van der Waals surface area contributed by atoms with Gasteiger partial charge in [-0.1, -0.05) is 295 Å². The summed E-state index contributed by atoms with van der Waals surface area (Å²) in [5.41, 5.74) is 0. The van der Waals surface area contributed by atoms with Crippen LogP contribution in [0.25, 0.3) is 0 Å². The number of rotatable bonds is 58. The normalized spacial score (nSPS) is 12.7. The van der Waals surface area contributed by atoms with Gasteiger partial charge in [-0.3, -0.25) is 9.59 Å². The van der Waals surface area contributed by atoms with Gasteiger partial charge in [0.05, 0.1) is 25.4 Å². The van der Waals surface area contributed by atoms with E-state index in [1.54, 1.807) is 0 Å².